The molecule has 1 aromatic heterocycles. The Hall–Kier alpha value is -2.74. The highest BCUT2D eigenvalue weighted by molar-refractivity contribution is 5.94. The third-order valence-corrected chi connectivity index (χ3v) is 3.57. The molecule has 2 aromatic rings. The molecule has 0 saturated carbocycles. The first-order valence-corrected chi connectivity index (χ1v) is 7.33. The maximum Gasteiger partial charge on any atom is 0.232 e. The first-order chi connectivity index (χ1) is 10.9. The highest BCUT2D eigenvalue weighted by Gasteiger charge is 2.37. The van der Waals surface area contributed by atoms with Gasteiger partial charge in [-0.05, 0) is 23.6 Å². The van der Waals surface area contributed by atoms with Gasteiger partial charge in [-0.2, -0.15) is 0 Å². The molecule has 0 atom stereocenters. The number of benzene rings is 1. The zero-order chi connectivity index (χ0) is 16.4. The molecule has 116 valence electrons. The van der Waals surface area contributed by atoms with Crippen LogP contribution in [0.4, 0.5) is 10.3 Å². The number of carbonyl (C=O) groups excluding carboxylic acids is 1. The summed E-state index contributed by atoms with van der Waals surface area (Å²) < 4.78 is 13.1. The van der Waals surface area contributed by atoms with Crippen molar-refractivity contribution in [1.82, 2.24) is 9.97 Å². The summed E-state index contributed by atoms with van der Waals surface area (Å²) in [6.07, 6.45) is 3.65. The second kappa shape index (κ2) is 5.81. The Bertz CT molecular complexity index is 803. The molecule has 2 heterocycles. The maximum atomic E-state index is 13.1. The molecule has 1 amide bonds. The van der Waals surface area contributed by atoms with Crippen molar-refractivity contribution < 1.29 is 9.18 Å². The van der Waals surface area contributed by atoms with Crippen molar-refractivity contribution in [3.8, 4) is 11.8 Å². The van der Waals surface area contributed by atoms with Crippen molar-refractivity contribution >= 4 is 11.9 Å². The van der Waals surface area contributed by atoms with Gasteiger partial charge in [0.15, 0.2) is 0 Å². The Labute approximate surface area is 134 Å². The number of aromatic nitrogens is 2. The van der Waals surface area contributed by atoms with Crippen LogP contribution >= 0.6 is 0 Å². The summed E-state index contributed by atoms with van der Waals surface area (Å²) >= 11 is 0. The van der Waals surface area contributed by atoms with Crippen molar-refractivity contribution in [2.75, 3.05) is 11.4 Å². The van der Waals surface area contributed by atoms with Crippen molar-refractivity contribution in [3.63, 3.8) is 0 Å². The predicted molar refractivity (Wildman–Crippen MR) is 85.2 cm³/mol. The fraction of sp³-hybridized carbons (Fsp3) is 0.278. The average molecular weight is 309 g/mol. The van der Waals surface area contributed by atoms with Gasteiger partial charge in [-0.15, -0.1) is 0 Å². The van der Waals surface area contributed by atoms with Gasteiger partial charge < -0.3 is 0 Å². The number of halogens is 1. The van der Waals surface area contributed by atoms with E-state index in [9.17, 15) is 9.18 Å². The van der Waals surface area contributed by atoms with Crippen LogP contribution in [0.15, 0.2) is 36.7 Å². The molecule has 5 heteroatoms. The van der Waals surface area contributed by atoms with E-state index in [4.69, 9.17) is 0 Å². The van der Waals surface area contributed by atoms with E-state index >= 15 is 0 Å². The Morgan fingerprint density at radius 1 is 1.17 bits per heavy atom. The number of anilines is 1. The molecular weight excluding hydrogens is 293 g/mol. The van der Waals surface area contributed by atoms with Crippen LogP contribution in [0.1, 0.15) is 31.4 Å². The summed E-state index contributed by atoms with van der Waals surface area (Å²) in [5, 5.41) is 0. The molecule has 3 rings (SSSR count). The summed E-state index contributed by atoms with van der Waals surface area (Å²) in [6.45, 7) is 4.70. The number of hydrogen-bond acceptors (Lipinski definition) is 3. The molecule has 0 N–H and O–H groups in total. The van der Waals surface area contributed by atoms with Crippen LogP contribution in [0.5, 0.6) is 0 Å². The maximum absolute atomic E-state index is 13.1. The molecule has 1 saturated heterocycles. The van der Waals surface area contributed by atoms with Crippen LogP contribution in [0.3, 0.4) is 0 Å². The van der Waals surface area contributed by atoms with Gasteiger partial charge in [0.25, 0.3) is 0 Å². The monoisotopic (exact) mass is 309 g/mol. The first kappa shape index (κ1) is 15.2. The topological polar surface area (TPSA) is 46.1 Å². The van der Waals surface area contributed by atoms with E-state index < -0.39 is 0 Å². The van der Waals surface area contributed by atoms with Crippen molar-refractivity contribution in [2.45, 2.75) is 20.3 Å². The van der Waals surface area contributed by atoms with E-state index in [1.54, 1.807) is 29.4 Å². The number of amides is 1. The summed E-state index contributed by atoms with van der Waals surface area (Å²) in [5.41, 5.74) is 1.14. The smallest absolute Gasteiger partial charge is 0.232 e. The first-order valence-electron chi connectivity index (χ1n) is 7.33. The number of nitrogens with zero attached hydrogens (tertiary/aromatic N) is 3. The van der Waals surface area contributed by atoms with Gasteiger partial charge >= 0.3 is 0 Å². The molecule has 0 radical (unpaired) electrons. The minimum atomic E-state index is -0.321. The molecule has 0 bridgehead atoms. The third-order valence-electron chi connectivity index (χ3n) is 3.57. The van der Waals surface area contributed by atoms with Crippen LogP contribution in [0.25, 0.3) is 0 Å². The van der Waals surface area contributed by atoms with E-state index in [1.807, 2.05) is 13.8 Å². The molecule has 1 aliphatic rings. The third kappa shape index (κ3) is 3.54. The van der Waals surface area contributed by atoms with Crippen LogP contribution in [0, 0.1) is 23.1 Å². The van der Waals surface area contributed by atoms with Gasteiger partial charge in [0.1, 0.15) is 5.82 Å². The summed E-state index contributed by atoms with van der Waals surface area (Å²) in [6, 6.07) is 6.08. The minimum absolute atomic E-state index is 0.0357. The lowest BCUT2D eigenvalue weighted by Gasteiger charge is -2.17. The van der Waals surface area contributed by atoms with Crippen molar-refractivity contribution in [3.05, 3.63) is 53.6 Å². The van der Waals surface area contributed by atoms with Gasteiger partial charge in [0.2, 0.25) is 11.9 Å². The lowest BCUT2D eigenvalue weighted by atomic mass is 9.93. The Kier molecular flexibility index (Phi) is 3.83. The van der Waals surface area contributed by atoms with Gasteiger partial charge in [0.05, 0.1) is 5.56 Å². The Balaban J connectivity index is 1.77. The van der Waals surface area contributed by atoms with E-state index in [0.29, 0.717) is 30.0 Å². The molecule has 0 spiro atoms. The van der Waals surface area contributed by atoms with E-state index in [0.717, 1.165) is 0 Å². The normalized spacial score (nSPS) is 16.1. The summed E-state index contributed by atoms with van der Waals surface area (Å²) in [4.78, 5) is 22.0. The molecular formula is C18H16FN3O. The molecule has 23 heavy (non-hydrogen) atoms. The lowest BCUT2D eigenvalue weighted by Crippen LogP contribution is -2.27. The number of hydrogen-bond donors (Lipinski definition) is 0. The molecule has 1 aromatic carbocycles. The van der Waals surface area contributed by atoms with Gasteiger partial charge in [0, 0.05) is 30.9 Å². The zero-order valence-electron chi connectivity index (χ0n) is 13.0. The lowest BCUT2D eigenvalue weighted by molar-refractivity contribution is -0.117. The van der Waals surface area contributed by atoms with Crippen LogP contribution in [0.2, 0.25) is 0 Å². The SMILES string of the molecule is CC1(C)CC(=O)N(c2ncc(C#Cc3cccc(F)c3)cn2)C1. The van der Waals surface area contributed by atoms with Crippen LogP contribution in [-0.4, -0.2) is 22.4 Å². The van der Waals surface area contributed by atoms with Gasteiger partial charge in [-0.1, -0.05) is 31.8 Å². The molecule has 1 aliphatic heterocycles. The highest BCUT2D eigenvalue weighted by Crippen LogP contribution is 2.31. The fourth-order valence-electron chi connectivity index (χ4n) is 2.49. The second-order valence-electron chi connectivity index (χ2n) is 6.35. The standard InChI is InChI=1S/C18H16FN3O/c1-18(2)9-16(23)22(12-18)17-20-10-14(11-21-17)7-6-13-4-3-5-15(19)8-13/h3-5,8,10-11H,9,12H2,1-2H3. The van der Waals surface area contributed by atoms with Gasteiger partial charge in [-0.25, -0.2) is 14.4 Å². The molecule has 0 unspecified atom stereocenters. The number of carbonyl (C=O) groups is 1. The summed E-state index contributed by atoms with van der Waals surface area (Å²) in [5.74, 6) is 5.87. The highest BCUT2D eigenvalue weighted by atomic mass is 19.1. The van der Waals surface area contributed by atoms with E-state index in [1.165, 1.54) is 12.1 Å². The van der Waals surface area contributed by atoms with Crippen molar-refractivity contribution in [2.24, 2.45) is 5.41 Å². The van der Waals surface area contributed by atoms with Crippen molar-refractivity contribution in [1.29, 1.82) is 0 Å². The van der Waals surface area contributed by atoms with E-state index in [2.05, 4.69) is 21.8 Å². The van der Waals surface area contributed by atoms with Crippen LogP contribution < -0.4 is 4.90 Å². The molecule has 4 nitrogen and oxygen atoms in total. The molecule has 1 fully saturated rings. The minimum Gasteiger partial charge on any atom is -0.280 e. The average Bonchev–Trinajstić information content (AvgIpc) is 2.79. The molecule has 0 aliphatic carbocycles. The largest absolute Gasteiger partial charge is 0.280 e. The Morgan fingerprint density at radius 3 is 2.48 bits per heavy atom. The summed E-state index contributed by atoms with van der Waals surface area (Å²) in [7, 11) is 0. The van der Waals surface area contributed by atoms with E-state index in [-0.39, 0.29) is 17.1 Å². The number of rotatable bonds is 1. The van der Waals surface area contributed by atoms with Crippen LogP contribution in [-0.2, 0) is 4.79 Å². The quantitative estimate of drug-likeness (QED) is 0.761. The fourth-order valence-corrected chi connectivity index (χ4v) is 2.49. The Morgan fingerprint density at radius 2 is 1.87 bits per heavy atom. The van der Waals surface area contributed by atoms with Gasteiger partial charge in [-0.3, -0.25) is 9.69 Å². The predicted octanol–water partition coefficient (Wildman–Crippen LogP) is 2.78. The second-order valence-corrected chi connectivity index (χ2v) is 6.35. The zero-order valence-corrected chi connectivity index (χ0v) is 13.0.